The molecule has 0 nitrogen and oxygen atoms in total. The molecule has 8 aliphatic carbocycles. The van der Waals surface area contributed by atoms with Gasteiger partial charge in [-0.1, -0.05) is 179 Å². The first-order chi connectivity index (χ1) is 33.2. The number of hydrogen-bond acceptors (Lipinski definition) is 0. The van der Waals surface area contributed by atoms with Crippen LogP contribution in [0.4, 0.5) is 0 Å². The zero-order valence-electron chi connectivity index (χ0n) is 41.3. The van der Waals surface area contributed by atoms with Gasteiger partial charge < -0.3 is 24.8 Å². The van der Waals surface area contributed by atoms with Crippen LogP contribution in [-0.4, -0.2) is 5.43 Å². The Hall–Kier alpha value is -3.78. The summed E-state index contributed by atoms with van der Waals surface area (Å²) in [6.45, 7) is 4.62. The van der Waals surface area contributed by atoms with Gasteiger partial charge in [-0.05, 0) is 147 Å². The van der Waals surface area contributed by atoms with Gasteiger partial charge in [0.25, 0.3) is 0 Å². The summed E-state index contributed by atoms with van der Waals surface area (Å²) in [5, 5.41) is 5.71. The van der Waals surface area contributed by atoms with E-state index in [1.165, 1.54) is 156 Å². The Kier molecular flexibility index (Phi) is 14.9. The van der Waals surface area contributed by atoms with Crippen LogP contribution in [0, 0.1) is 46.3 Å². The minimum Gasteiger partial charge on any atom is -1.00 e. The molecule has 8 saturated carbocycles. The van der Waals surface area contributed by atoms with E-state index in [2.05, 4.69) is 183 Å². The number of benzene rings is 6. The summed E-state index contributed by atoms with van der Waals surface area (Å²) >= 11 is 1.74. The first kappa shape index (κ1) is 49.8. The average molecular weight is 1050 g/mol. The Morgan fingerprint density at radius 3 is 0.914 bits per heavy atom. The van der Waals surface area contributed by atoms with E-state index in [1.807, 2.05) is 0 Å². The summed E-state index contributed by atoms with van der Waals surface area (Å²) in [5.41, 5.74) is 15.3. The van der Waals surface area contributed by atoms with E-state index in [0.717, 1.165) is 35.5 Å². The molecule has 0 saturated heterocycles. The topological polar surface area (TPSA) is 0 Å². The van der Waals surface area contributed by atoms with Crippen molar-refractivity contribution in [3.8, 4) is 44.5 Å². The number of rotatable bonds is 8. The van der Waals surface area contributed by atoms with Crippen molar-refractivity contribution in [3.63, 3.8) is 0 Å². The molecule has 16 rings (SSSR count). The molecule has 0 unspecified atom stereocenters. The molecule has 8 aliphatic rings. The molecule has 356 valence electrons. The van der Waals surface area contributed by atoms with Gasteiger partial charge in [0.05, 0.1) is 0 Å². The van der Waals surface area contributed by atoms with Crippen molar-refractivity contribution in [1.29, 1.82) is 0 Å². The molecule has 8 bridgehead atoms. The van der Waals surface area contributed by atoms with Crippen molar-refractivity contribution in [2.75, 3.05) is 0 Å². The normalized spacial score (nSPS) is 26.4. The van der Waals surface area contributed by atoms with Gasteiger partial charge in [-0.3, -0.25) is 0 Å². The quantitative estimate of drug-likeness (QED) is 0.105. The van der Waals surface area contributed by atoms with Gasteiger partial charge >= 0.3 is 41.9 Å². The molecule has 8 aromatic carbocycles. The molecule has 8 aromatic rings. The standard InChI is InChI=1S/2C32H31.C2H6Si.2ClH.Zr/c2*1-3-7-26(8-4-1)28-11-12-29(27-9-5-2-6-10-27)31-17-25(16-30(28)31)21-32-18-22-13-23(19-32)15-24(14-22)20-32;1-3-2;;;/h2*1-12,16-17,22-24H,13-15,18-21H2;1-2H3;2*1H;/q2*-1;;;;+2/p-2. The van der Waals surface area contributed by atoms with Gasteiger partial charge in [-0.15, -0.1) is 44.8 Å². The predicted octanol–water partition coefficient (Wildman–Crippen LogP) is 12.1. The maximum absolute atomic E-state index is 2.54. The second-order valence-corrected chi connectivity index (χ2v) is 32.7. The summed E-state index contributed by atoms with van der Waals surface area (Å²) in [5.74, 6) is 6.11. The summed E-state index contributed by atoms with van der Waals surface area (Å²) in [6.07, 6.45) is 20.6. The van der Waals surface area contributed by atoms with Crippen LogP contribution in [0.2, 0.25) is 13.1 Å². The molecule has 0 amide bonds. The third-order valence-electron chi connectivity index (χ3n) is 17.7. The van der Waals surface area contributed by atoms with Crippen molar-refractivity contribution in [2.45, 2.75) is 103 Å². The molecule has 0 radical (unpaired) electrons. The molecule has 0 aromatic heterocycles. The van der Waals surface area contributed by atoms with Gasteiger partial charge in [-0.25, -0.2) is 0 Å². The van der Waals surface area contributed by atoms with E-state index in [4.69, 9.17) is 0 Å². The molecular formula is C66H68Cl2SiZr-2. The van der Waals surface area contributed by atoms with E-state index in [9.17, 15) is 0 Å². The first-order valence-corrected chi connectivity index (χ1v) is 32.6. The number of fused-ring (bicyclic) bond motifs is 2. The van der Waals surface area contributed by atoms with Gasteiger partial charge in [0.1, 0.15) is 0 Å². The zero-order valence-corrected chi connectivity index (χ0v) is 46.3. The Bertz CT molecular complexity index is 2620. The maximum Gasteiger partial charge on any atom is -0.0265 e. The minimum atomic E-state index is 0. The van der Waals surface area contributed by atoms with Crippen LogP contribution < -0.4 is 24.8 Å². The van der Waals surface area contributed by atoms with Crippen molar-refractivity contribution < 1.29 is 48.1 Å². The number of hydrogen-bond donors (Lipinski definition) is 0. The van der Waals surface area contributed by atoms with E-state index < -0.39 is 0 Å². The van der Waals surface area contributed by atoms with Crippen molar-refractivity contribution in [2.24, 2.45) is 46.3 Å². The molecule has 70 heavy (non-hydrogen) atoms. The summed E-state index contributed by atoms with van der Waals surface area (Å²) in [4.78, 5) is 0. The number of halogens is 2. The fraction of sp³-hybridized carbons (Fsp3) is 0.364. The maximum atomic E-state index is 2.54. The van der Waals surface area contributed by atoms with Crippen LogP contribution in [0.15, 0.2) is 170 Å². The van der Waals surface area contributed by atoms with Crippen LogP contribution in [0.5, 0.6) is 0 Å². The van der Waals surface area contributed by atoms with Crippen LogP contribution in [-0.2, 0) is 36.2 Å². The predicted molar refractivity (Wildman–Crippen MR) is 287 cm³/mol. The van der Waals surface area contributed by atoms with Gasteiger partial charge in [0, 0.05) is 0 Å². The Morgan fingerprint density at radius 2 is 0.643 bits per heavy atom. The first-order valence-electron chi connectivity index (χ1n) is 26.4. The van der Waals surface area contributed by atoms with Gasteiger partial charge in [0.2, 0.25) is 0 Å². The molecule has 4 heteroatoms. The Labute approximate surface area is 446 Å². The molecule has 0 atom stereocenters. The summed E-state index contributed by atoms with van der Waals surface area (Å²) in [7, 11) is 0. The monoisotopic (exact) mass is 1050 g/mol. The van der Waals surface area contributed by atoms with Crippen LogP contribution >= 0.6 is 0 Å². The SMILES string of the molecule is C[Si](C)=[Zr+2].[Cl-].[Cl-].c1ccc(-c2ccc(-c3ccccc3)c3[cH-]c(CC45CC6CC(CC(C6)C4)C5)cc23)cc1.c1ccc(-c2ccc(-c3ccccc3)c3[cH-]c(CC45CC6CC(CC(C6)C4)C5)cc23)cc1. The molecule has 0 N–H and O–H groups in total. The van der Waals surface area contributed by atoms with Crippen molar-refractivity contribution in [1.82, 2.24) is 0 Å². The van der Waals surface area contributed by atoms with Crippen molar-refractivity contribution in [3.05, 3.63) is 181 Å². The summed E-state index contributed by atoms with van der Waals surface area (Å²) in [6, 6.07) is 63.3. The van der Waals surface area contributed by atoms with Crippen molar-refractivity contribution >= 4 is 27.0 Å². The molecule has 8 fully saturated rings. The van der Waals surface area contributed by atoms with E-state index in [1.54, 1.807) is 34.5 Å². The van der Waals surface area contributed by atoms with Gasteiger partial charge in [0.15, 0.2) is 0 Å². The largest absolute Gasteiger partial charge is 1.00 e. The fourth-order valence-electron chi connectivity index (χ4n) is 16.3. The third-order valence-corrected chi connectivity index (χ3v) is 17.7. The summed E-state index contributed by atoms with van der Waals surface area (Å²) < 4.78 is 0. The van der Waals surface area contributed by atoms with E-state index >= 15 is 0 Å². The van der Waals surface area contributed by atoms with Crippen LogP contribution in [0.25, 0.3) is 66.1 Å². The second-order valence-electron chi connectivity index (χ2n) is 23.4. The van der Waals surface area contributed by atoms with Crippen LogP contribution in [0.1, 0.15) is 88.2 Å². The smallest absolute Gasteiger partial charge is 0.0265 e. The zero-order chi connectivity index (χ0) is 45.8. The molecule has 0 heterocycles. The average Bonchev–Trinajstić information content (AvgIpc) is 3.95. The minimum absolute atomic E-state index is 0. The second kappa shape index (κ2) is 21.0. The van der Waals surface area contributed by atoms with Gasteiger partial charge in [-0.2, -0.15) is 12.1 Å². The van der Waals surface area contributed by atoms with E-state index in [0.29, 0.717) is 10.8 Å². The molecule has 0 aliphatic heterocycles. The Balaban J connectivity index is 0.000000147. The third kappa shape index (κ3) is 10.3. The Morgan fingerprint density at radius 1 is 0.400 bits per heavy atom. The fourth-order valence-corrected chi connectivity index (χ4v) is 16.3. The van der Waals surface area contributed by atoms with E-state index in [-0.39, 0.29) is 30.2 Å². The molecule has 0 spiro atoms. The van der Waals surface area contributed by atoms with Crippen LogP contribution in [0.3, 0.4) is 0 Å². The molecular weight excluding hydrogens is 983 g/mol.